The van der Waals surface area contributed by atoms with Gasteiger partial charge in [0.2, 0.25) is 5.75 Å². The van der Waals surface area contributed by atoms with Gasteiger partial charge < -0.3 is 39.4 Å². The highest BCUT2D eigenvalue weighted by Crippen LogP contribution is 2.38. The van der Waals surface area contributed by atoms with E-state index in [0.717, 1.165) is 0 Å². The maximum atomic E-state index is 12.3. The van der Waals surface area contributed by atoms with Crippen molar-refractivity contribution in [2.24, 2.45) is 0 Å². The molecular weight excluding hydrogens is 372 g/mol. The van der Waals surface area contributed by atoms with E-state index in [-0.39, 0.29) is 12.2 Å². The highest BCUT2D eigenvalue weighted by Gasteiger charge is 2.43. The third-order valence-corrected chi connectivity index (χ3v) is 4.54. The van der Waals surface area contributed by atoms with E-state index in [1.165, 1.54) is 33.5 Å². The molecule has 2 rings (SSSR count). The number of aliphatic hydroxyl groups excluding tert-OH is 4. The van der Waals surface area contributed by atoms with Crippen LogP contribution in [0, 0.1) is 0 Å². The van der Waals surface area contributed by atoms with E-state index in [0.29, 0.717) is 22.8 Å². The van der Waals surface area contributed by atoms with Crippen LogP contribution >= 0.6 is 0 Å². The van der Waals surface area contributed by atoms with Crippen molar-refractivity contribution in [2.45, 2.75) is 36.9 Å². The summed E-state index contributed by atoms with van der Waals surface area (Å²) in [5.41, 5.74) is 0.622. The quantitative estimate of drug-likeness (QED) is 0.429. The van der Waals surface area contributed by atoms with Gasteiger partial charge in [-0.15, -0.1) is 0 Å². The number of ether oxygens (including phenoxy) is 4. The lowest BCUT2D eigenvalue weighted by Crippen LogP contribution is -2.58. The second kappa shape index (κ2) is 9.85. The van der Waals surface area contributed by atoms with Crippen LogP contribution in [0.1, 0.15) is 12.0 Å². The third kappa shape index (κ3) is 4.81. The van der Waals surface area contributed by atoms with E-state index in [2.05, 4.69) is 0 Å². The molecule has 156 valence electrons. The Balaban J connectivity index is 2.11. The summed E-state index contributed by atoms with van der Waals surface area (Å²) in [6.07, 6.45) is -3.91. The molecule has 1 fully saturated rings. The van der Waals surface area contributed by atoms with Gasteiger partial charge in [0, 0.05) is 6.42 Å². The fraction of sp³-hybridized carbons (Fsp3) is 0.526. The van der Waals surface area contributed by atoms with Gasteiger partial charge >= 0.3 is 0 Å². The molecule has 5 atom stereocenters. The van der Waals surface area contributed by atoms with Gasteiger partial charge in [-0.1, -0.05) is 6.08 Å². The summed E-state index contributed by atoms with van der Waals surface area (Å²) in [5, 5.41) is 38.8. The van der Waals surface area contributed by atoms with Crippen molar-refractivity contribution >= 4 is 11.9 Å². The first-order chi connectivity index (χ1) is 13.4. The smallest absolute Gasteiger partial charge is 0.203 e. The number of ketones is 1. The molecule has 1 aliphatic heterocycles. The standard InChI is InChI=1S/C19H26O9/c1-25-13-6-10(7-14(26-2)19(13)27-3)4-5-11(21)8-12-16(22)18(24)17(23)15(9-20)28-12/h4-7,12,15-18,20,22-24H,8-9H2,1-3H3/b5-4+/t12-,15+,16-,17-,18+/m0/s1. The lowest BCUT2D eigenvalue weighted by molar-refractivity contribution is -0.229. The van der Waals surface area contributed by atoms with E-state index in [1.54, 1.807) is 12.1 Å². The zero-order valence-electron chi connectivity index (χ0n) is 15.9. The van der Waals surface area contributed by atoms with Crippen molar-refractivity contribution < 1.29 is 44.2 Å². The minimum absolute atomic E-state index is 0.234. The molecule has 0 radical (unpaired) electrons. The summed E-state index contributed by atoms with van der Waals surface area (Å²) in [5.74, 6) is 0.915. The highest BCUT2D eigenvalue weighted by molar-refractivity contribution is 5.94. The molecule has 4 N–H and O–H groups in total. The third-order valence-electron chi connectivity index (χ3n) is 4.54. The molecule has 0 aliphatic carbocycles. The lowest BCUT2D eigenvalue weighted by Gasteiger charge is -2.39. The average Bonchev–Trinajstić information content (AvgIpc) is 2.71. The Morgan fingerprint density at radius 1 is 1.00 bits per heavy atom. The van der Waals surface area contributed by atoms with Crippen LogP contribution in [-0.4, -0.2) is 84.7 Å². The lowest BCUT2D eigenvalue weighted by atomic mass is 9.92. The topological polar surface area (TPSA) is 135 Å². The number of hydrogen-bond acceptors (Lipinski definition) is 9. The molecule has 0 unspecified atom stereocenters. The molecule has 1 aliphatic rings. The Morgan fingerprint density at radius 2 is 1.57 bits per heavy atom. The Kier molecular flexibility index (Phi) is 7.78. The zero-order chi connectivity index (χ0) is 20.8. The first-order valence-corrected chi connectivity index (χ1v) is 8.67. The van der Waals surface area contributed by atoms with Gasteiger partial charge in [0.1, 0.15) is 24.4 Å². The maximum Gasteiger partial charge on any atom is 0.203 e. The second-order valence-corrected chi connectivity index (χ2v) is 6.33. The number of methoxy groups -OCH3 is 3. The summed E-state index contributed by atoms with van der Waals surface area (Å²) in [6, 6.07) is 3.33. The molecular formula is C19H26O9. The van der Waals surface area contributed by atoms with Crippen molar-refractivity contribution in [2.75, 3.05) is 27.9 Å². The van der Waals surface area contributed by atoms with Crippen LogP contribution in [0.2, 0.25) is 0 Å². The molecule has 0 saturated carbocycles. The number of carbonyl (C=O) groups is 1. The van der Waals surface area contributed by atoms with Gasteiger partial charge in [0.05, 0.1) is 34.0 Å². The van der Waals surface area contributed by atoms with Crippen molar-refractivity contribution in [1.29, 1.82) is 0 Å². The molecule has 1 saturated heterocycles. The summed E-state index contributed by atoms with van der Waals surface area (Å²) in [4.78, 5) is 12.3. The first-order valence-electron chi connectivity index (χ1n) is 8.67. The SMILES string of the molecule is COc1cc(/C=C/C(=O)C[C@@H]2O[C@H](CO)[C@H](O)[C@H](O)[C@H]2O)cc(OC)c1OC. The van der Waals surface area contributed by atoms with Crippen molar-refractivity contribution in [3.05, 3.63) is 23.8 Å². The minimum Gasteiger partial charge on any atom is -0.493 e. The average molecular weight is 398 g/mol. The number of hydrogen-bond donors (Lipinski definition) is 4. The van der Waals surface area contributed by atoms with Crippen molar-refractivity contribution in [3.8, 4) is 17.2 Å². The predicted molar refractivity (Wildman–Crippen MR) is 98.5 cm³/mol. The summed E-state index contributed by atoms with van der Waals surface area (Å²) >= 11 is 0. The highest BCUT2D eigenvalue weighted by atomic mass is 16.5. The van der Waals surface area contributed by atoms with Gasteiger partial charge in [-0.05, 0) is 23.8 Å². The number of rotatable bonds is 8. The number of carbonyl (C=O) groups excluding carboxylic acids is 1. The van der Waals surface area contributed by atoms with Crippen LogP contribution in [-0.2, 0) is 9.53 Å². The molecule has 0 spiro atoms. The van der Waals surface area contributed by atoms with E-state index in [9.17, 15) is 25.2 Å². The monoisotopic (exact) mass is 398 g/mol. The summed E-state index contributed by atoms with van der Waals surface area (Å²) in [7, 11) is 4.45. The van der Waals surface area contributed by atoms with Crippen LogP contribution in [0.25, 0.3) is 6.08 Å². The fourth-order valence-electron chi connectivity index (χ4n) is 3.00. The molecule has 9 nitrogen and oxygen atoms in total. The zero-order valence-corrected chi connectivity index (χ0v) is 15.9. The molecule has 0 aromatic heterocycles. The summed E-state index contributed by atoms with van der Waals surface area (Å²) in [6.45, 7) is -0.545. The number of aliphatic hydroxyl groups is 4. The van der Waals surface area contributed by atoms with Crippen LogP contribution in [0.3, 0.4) is 0 Å². The van der Waals surface area contributed by atoms with Gasteiger partial charge in [-0.3, -0.25) is 4.79 Å². The number of benzene rings is 1. The number of allylic oxidation sites excluding steroid dienone is 1. The molecule has 0 amide bonds. The normalized spacial score (nSPS) is 27.6. The molecule has 28 heavy (non-hydrogen) atoms. The Morgan fingerprint density at radius 3 is 2.07 bits per heavy atom. The van der Waals surface area contributed by atoms with Gasteiger partial charge in [-0.25, -0.2) is 0 Å². The minimum atomic E-state index is -1.51. The molecule has 1 aromatic carbocycles. The van der Waals surface area contributed by atoms with Crippen LogP contribution < -0.4 is 14.2 Å². The van der Waals surface area contributed by atoms with E-state index >= 15 is 0 Å². The van der Waals surface area contributed by atoms with Crippen LogP contribution in [0.5, 0.6) is 17.2 Å². The first kappa shape index (κ1) is 22.1. The van der Waals surface area contributed by atoms with E-state index < -0.39 is 37.1 Å². The molecule has 1 aromatic rings. The van der Waals surface area contributed by atoms with Gasteiger partial charge in [-0.2, -0.15) is 0 Å². The Bertz CT molecular complexity index is 676. The summed E-state index contributed by atoms with van der Waals surface area (Å²) < 4.78 is 21.1. The second-order valence-electron chi connectivity index (χ2n) is 6.33. The van der Waals surface area contributed by atoms with Gasteiger partial charge in [0.25, 0.3) is 0 Å². The Labute approximate surface area is 162 Å². The Hall–Kier alpha value is -2.17. The van der Waals surface area contributed by atoms with Crippen LogP contribution in [0.15, 0.2) is 18.2 Å². The van der Waals surface area contributed by atoms with Crippen molar-refractivity contribution in [3.63, 3.8) is 0 Å². The predicted octanol–water partition coefficient (Wildman–Crippen LogP) is -0.473. The van der Waals surface area contributed by atoms with Crippen molar-refractivity contribution in [1.82, 2.24) is 0 Å². The van der Waals surface area contributed by atoms with E-state index in [1.807, 2.05) is 0 Å². The fourth-order valence-corrected chi connectivity index (χ4v) is 3.00. The van der Waals surface area contributed by atoms with E-state index in [4.69, 9.17) is 18.9 Å². The van der Waals surface area contributed by atoms with Gasteiger partial charge in [0.15, 0.2) is 17.3 Å². The molecule has 0 bridgehead atoms. The molecule has 9 heteroatoms. The van der Waals surface area contributed by atoms with Crippen LogP contribution in [0.4, 0.5) is 0 Å². The molecule has 1 heterocycles. The largest absolute Gasteiger partial charge is 0.493 e. The maximum absolute atomic E-state index is 12.3.